The molecule has 0 bridgehead atoms. The van der Waals surface area contributed by atoms with Crippen molar-refractivity contribution in [2.24, 2.45) is 10.8 Å². The summed E-state index contributed by atoms with van der Waals surface area (Å²) in [5.74, 6) is -3.19. The van der Waals surface area contributed by atoms with Gasteiger partial charge in [0.25, 0.3) is 5.69 Å². The van der Waals surface area contributed by atoms with Gasteiger partial charge in [0.1, 0.15) is 11.6 Å². The van der Waals surface area contributed by atoms with Crippen molar-refractivity contribution in [2.45, 2.75) is 58.5 Å². The Morgan fingerprint density at radius 1 is 1.09 bits per heavy atom. The van der Waals surface area contributed by atoms with Gasteiger partial charge in [-0.3, -0.25) is 24.6 Å². The summed E-state index contributed by atoms with van der Waals surface area (Å²) in [7, 11) is 0. The van der Waals surface area contributed by atoms with E-state index in [0.717, 1.165) is 5.69 Å². The molecule has 3 N–H and O–H groups in total. The quantitative estimate of drug-likeness (QED) is 0.251. The van der Waals surface area contributed by atoms with E-state index in [4.69, 9.17) is 4.74 Å². The van der Waals surface area contributed by atoms with Gasteiger partial charge in [-0.1, -0.05) is 12.1 Å². The Kier molecular flexibility index (Phi) is 9.60. The maximum Gasteiger partial charge on any atom is 0.311 e. The molecule has 0 radical (unpaired) electrons. The normalized spacial score (nSPS) is 27.9. The summed E-state index contributed by atoms with van der Waals surface area (Å²) in [6, 6.07) is 9.04. The van der Waals surface area contributed by atoms with E-state index in [1.807, 2.05) is 6.92 Å². The molecule has 0 aromatic heterocycles. The van der Waals surface area contributed by atoms with Gasteiger partial charge < -0.3 is 25.2 Å². The van der Waals surface area contributed by atoms with Crippen LogP contribution < -0.4 is 15.0 Å². The van der Waals surface area contributed by atoms with Crippen molar-refractivity contribution >= 4 is 23.3 Å². The number of non-ortho nitro benzene ring substituents is 1. The minimum absolute atomic E-state index is 0.173. The Bertz CT molecular complexity index is 1350. The number of carbonyl (C=O) groups is 2. The standard InChI is InChI=1S/C31H41FN4O7/c1-5-43-26-19-23(32)10-11-25(26)35-16-14-34(15-17-35)13-7-12-31(29(39)40)21(3)33-20(2)30(4,28(37)38)27(31)22-8-6-9-24(18-22)36(41)42/h6,8-11,18-21,27,33H,5,7,12-17H2,1-4H3,(H,37,38)(H,39,40). The molecule has 12 heteroatoms. The SMILES string of the molecule is CCOc1cc(F)ccc1N1CCN(CCCC2(C(=O)O)C(C)NC(C)C(C)(C(=O)O)C2c2cccc([N+](=O)[O-])c2)CC1. The number of nitrogens with one attached hydrogen (secondary N) is 1. The molecule has 234 valence electrons. The molecule has 43 heavy (non-hydrogen) atoms. The molecule has 0 amide bonds. The van der Waals surface area contributed by atoms with Crippen molar-refractivity contribution in [1.82, 2.24) is 10.2 Å². The molecule has 0 aliphatic carbocycles. The second kappa shape index (κ2) is 12.8. The number of nitro groups is 1. The maximum atomic E-state index is 13.8. The van der Waals surface area contributed by atoms with Crippen molar-refractivity contribution in [3.63, 3.8) is 0 Å². The highest BCUT2D eigenvalue weighted by molar-refractivity contribution is 5.84. The van der Waals surface area contributed by atoms with Crippen LogP contribution >= 0.6 is 0 Å². The average molecular weight is 601 g/mol. The lowest BCUT2D eigenvalue weighted by atomic mass is 9.51. The second-order valence-electron chi connectivity index (χ2n) is 11.8. The van der Waals surface area contributed by atoms with Crippen LogP contribution in [-0.2, 0) is 9.59 Å². The summed E-state index contributed by atoms with van der Waals surface area (Å²) >= 11 is 0. The number of rotatable bonds is 11. The first kappa shape index (κ1) is 32.2. The number of halogens is 1. The first-order valence-corrected chi connectivity index (χ1v) is 14.7. The molecular weight excluding hydrogens is 559 g/mol. The second-order valence-corrected chi connectivity index (χ2v) is 11.8. The number of carboxylic acid groups (broad SMARTS) is 2. The minimum Gasteiger partial charge on any atom is -0.492 e. The summed E-state index contributed by atoms with van der Waals surface area (Å²) in [5, 5.41) is 36.2. The van der Waals surface area contributed by atoms with Crippen LogP contribution in [0.2, 0.25) is 0 Å². The average Bonchev–Trinajstić information content (AvgIpc) is 2.96. The number of ether oxygens (including phenoxy) is 1. The number of hydrogen-bond donors (Lipinski definition) is 3. The molecule has 2 saturated heterocycles. The number of nitrogens with zero attached hydrogens (tertiary/aromatic N) is 3. The lowest BCUT2D eigenvalue weighted by Gasteiger charge is -2.56. The highest BCUT2D eigenvalue weighted by Gasteiger charge is 2.64. The minimum atomic E-state index is -1.56. The molecule has 2 heterocycles. The van der Waals surface area contributed by atoms with E-state index in [9.17, 15) is 34.3 Å². The summed E-state index contributed by atoms with van der Waals surface area (Å²) in [6.45, 7) is 10.6. The lowest BCUT2D eigenvalue weighted by molar-refractivity contribution is -0.385. The Balaban J connectivity index is 1.56. The van der Waals surface area contributed by atoms with Gasteiger partial charge >= 0.3 is 11.9 Å². The summed E-state index contributed by atoms with van der Waals surface area (Å²) < 4.78 is 19.4. The predicted molar refractivity (Wildman–Crippen MR) is 159 cm³/mol. The number of aliphatic carboxylic acids is 2. The van der Waals surface area contributed by atoms with Crippen LogP contribution in [0.5, 0.6) is 5.75 Å². The number of piperazine rings is 1. The van der Waals surface area contributed by atoms with E-state index in [-0.39, 0.29) is 17.9 Å². The zero-order valence-corrected chi connectivity index (χ0v) is 25.1. The van der Waals surface area contributed by atoms with Crippen LogP contribution in [0.3, 0.4) is 0 Å². The van der Waals surface area contributed by atoms with Gasteiger partial charge in [0, 0.05) is 62.4 Å². The summed E-state index contributed by atoms with van der Waals surface area (Å²) in [6.07, 6.45) is 0.653. The van der Waals surface area contributed by atoms with Crippen LogP contribution in [0.15, 0.2) is 42.5 Å². The largest absolute Gasteiger partial charge is 0.492 e. The number of benzene rings is 2. The first-order valence-electron chi connectivity index (χ1n) is 14.7. The molecule has 11 nitrogen and oxygen atoms in total. The zero-order valence-electron chi connectivity index (χ0n) is 25.1. The molecule has 2 aromatic carbocycles. The fourth-order valence-corrected chi connectivity index (χ4v) is 7.11. The van der Waals surface area contributed by atoms with Crippen molar-refractivity contribution in [3.8, 4) is 5.75 Å². The number of carboxylic acids is 2. The zero-order chi connectivity index (χ0) is 31.5. The molecule has 4 rings (SSSR count). The van der Waals surface area contributed by atoms with Crippen molar-refractivity contribution in [3.05, 3.63) is 64.0 Å². The van der Waals surface area contributed by atoms with E-state index in [2.05, 4.69) is 15.1 Å². The number of piperidine rings is 1. The van der Waals surface area contributed by atoms with Gasteiger partial charge in [0.05, 0.1) is 28.0 Å². The molecule has 2 fully saturated rings. The van der Waals surface area contributed by atoms with Gasteiger partial charge in [-0.2, -0.15) is 0 Å². The topological polar surface area (TPSA) is 145 Å². The van der Waals surface area contributed by atoms with Crippen LogP contribution in [0.1, 0.15) is 52.0 Å². The van der Waals surface area contributed by atoms with Crippen LogP contribution in [0, 0.1) is 26.8 Å². The van der Waals surface area contributed by atoms with Crippen LogP contribution in [-0.4, -0.2) is 83.4 Å². The van der Waals surface area contributed by atoms with E-state index in [0.29, 0.717) is 57.1 Å². The van der Waals surface area contributed by atoms with Gasteiger partial charge in [0.15, 0.2) is 0 Å². The van der Waals surface area contributed by atoms with E-state index in [1.165, 1.54) is 37.3 Å². The van der Waals surface area contributed by atoms with E-state index in [1.54, 1.807) is 26.0 Å². The van der Waals surface area contributed by atoms with E-state index >= 15 is 0 Å². The van der Waals surface area contributed by atoms with Crippen molar-refractivity contribution in [1.29, 1.82) is 0 Å². The highest BCUT2D eigenvalue weighted by Crippen LogP contribution is 2.57. The monoisotopic (exact) mass is 600 g/mol. The summed E-state index contributed by atoms with van der Waals surface area (Å²) in [4.78, 5) is 41.6. The molecule has 2 aliphatic heterocycles. The molecular formula is C31H41FN4O7. The van der Waals surface area contributed by atoms with Crippen LogP contribution in [0.4, 0.5) is 15.8 Å². The number of nitro benzene ring substituents is 1. The fourth-order valence-electron chi connectivity index (χ4n) is 7.11. The van der Waals surface area contributed by atoms with Gasteiger partial charge in [-0.05, 0) is 64.8 Å². The smallest absolute Gasteiger partial charge is 0.311 e. The Labute approximate surface area is 250 Å². The third kappa shape index (κ3) is 6.03. The van der Waals surface area contributed by atoms with Gasteiger partial charge in [-0.15, -0.1) is 0 Å². The van der Waals surface area contributed by atoms with Gasteiger partial charge in [-0.25, -0.2) is 4.39 Å². The lowest BCUT2D eigenvalue weighted by Crippen LogP contribution is -2.68. The van der Waals surface area contributed by atoms with Crippen molar-refractivity contribution in [2.75, 3.05) is 44.2 Å². The molecule has 0 saturated carbocycles. The van der Waals surface area contributed by atoms with Crippen molar-refractivity contribution < 1.29 is 33.9 Å². The molecule has 5 unspecified atom stereocenters. The third-order valence-electron chi connectivity index (χ3n) is 9.56. The molecule has 5 atom stereocenters. The number of hydrogen-bond acceptors (Lipinski definition) is 8. The maximum absolute atomic E-state index is 13.8. The Morgan fingerprint density at radius 2 is 1.79 bits per heavy atom. The van der Waals surface area contributed by atoms with Gasteiger partial charge in [0.2, 0.25) is 0 Å². The predicted octanol–water partition coefficient (Wildman–Crippen LogP) is 4.36. The van der Waals surface area contributed by atoms with E-state index < -0.39 is 45.7 Å². The highest BCUT2D eigenvalue weighted by atomic mass is 19.1. The Morgan fingerprint density at radius 3 is 2.40 bits per heavy atom. The molecule has 0 spiro atoms. The summed E-state index contributed by atoms with van der Waals surface area (Å²) in [5.41, 5.74) is -2.15. The molecule has 2 aromatic rings. The fraction of sp³-hybridized carbons (Fsp3) is 0.548. The number of anilines is 1. The third-order valence-corrected chi connectivity index (χ3v) is 9.56. The first-order chi connectivity index (χ1) is 20.4. The Hall–Kier alpha value is -3.77. The van der Waals surface area contributed by atoms with Crippen LogP contribution in [0.25, 0.3) is 0 Å². The molecule has 2 aliphatic rings.